The number of aryl methyl sites for hydroxylation is 2. The minimum absolute atomic E-state index is 0.215. The zero-order chi connectivity index (χ0) is 13.8. The van der Waals surface area contributed by atoms with E-state index in [0.717, 1.165) is 16.8 Å². The van der Waals surface area contributed by atoms with Crippen molar-refractivity contribution >= 4 is 17.3 Å². The van der Waals surface area contributed by atoms with Crippen molar-refractivity contribution < 1.29 is 4.79 Å². The quantitative estimate of drug-likeness (QED) is 0.581. The Bertz CT molecular complexity index is 590. The molecule has 0 aliphatic heterocycles. The fourth-order valence-corrected chi connectivity index (χ4v) is 1.90. The Kier molecular flexibility index (Phi) is 3.77. The maximum atomic E-state index is 12.3. The van der Waals surface area contributed by atoms with Crippen molar-refractivity contribution in [2.75, 3.05) is 10.7 Å². The fraction of sp³-hybridized carbons (Fsp3) is 0.143. The van der Waals surface area contributed by atoms with Crippen LogP contribution in [0.4, 0.5) is 11.4 Å². The van der Waals surface area contributed by atoms with Crippen molar-refractivity contribution in [3.63, 3.8) is 0 Å². The van der Waals surface area contributed by atoms with Gasteiger partial charge in [-0.05, 0) is 31.0 Å². The summed E-state index contributed by atoms with van der Waals surface area (Å²) in [7, 11) is 0. The van der Waals surface area contributed by atoms with E-state index in [1.807, 2.05) is 32.0 Å². The van der Waals surface area contributed by atoms with Crippen molar-refractivity contribution in [2.24, 2.45) is 5.84 Å². The second-order valence-electron chi connectivity index (χ2n) is 4.29. The number of nitrogens with two attached hydrogens (primary N) is 1. The summed E-state index contributed by atoms with van der Waals surface area (Å²) < 4.78 is 0. The molecule has 2 rings (SSSR count). The van der Waals surface area contributed by atoms with Gasteiger partial charge in [0.05, 0.1) is 17.4 Å². The monoisotopic (exact) mass is 256 g/mol. The molecule has 0 atom stereocenters. The predicted molar refractivity (Wildman–Crippen MR) is 75.9 cm³/mol. The number of benzene rings is 1. The number of amides is 1. The van der Waals surface area contributed by atoms with Crippen LogP contribution in [0.2, 0.25) is 0 Å². The van der Waals surface area contributed by atoms with Gasteiger partial charge in [0.25, 0.3) is 5.91 Å². The van der Waals surface area contributed by atoms with Crippen LogP contribution in [0, 0.1) is 13.8 Å². The van der Waals surface area contributed by atoms with E-state index >= 15 is 0 Å². The highest BCUT2D eigenvalue weighted by Gasteiger charge is 2.13. The van der Waals surface area contributed by atoms with E-state index < -0.39 is 0 Å². The van der Waals surface area contributed by atoms with Crippen LogP contribution in [0.1, 0.15) is 21.5 Å². The molecule has 98 valence electrons. The summed E-state index contributed by atoms with van der Waals surface area (Å²) in [6.45, 7) is 3.91. The van der Waals surface area contributed by atoms with Crippen molar-refractivity contribution in [1.29, 1.82) is 0 Å². The molecule has 0 saturated heterocycles. The Balaban J connectivity index is 2.31. The lowest BCUT2D eigenvalue weighted by molar-refractivity contribution is 0.102. The highest BCUT2D eigenvalue weighted by Crippen LogP contribution is 2.21. The summed E-state index contributed by atoms with van der Waals surface area (Å²) in [6.07, 6.45) is 3.07. The third-order valence-corrected chi connectivity index (χ3v) is 2.94. The van der Waals surface area contributed by atoms with Crippen LogP contribution >= 0.6 is 0 Å². The third kappa shape index (κ3) is 2.71. The number of nitrogen functional groups attached to an aromatic ring is 1. The Morgan fingerprint density at radius 1 is 1.21 bits per heavy atom. The highest BCUT2D eigenvalue weighted by molar-refractivity contribution is 6.08. The first-order chi connectivity index (χ1) is 9.13. The standard InChI is InChI=1S/C14H16N4O/c1-9-4-3-5-10(2)13(9)17-14(19)11-6-7-16-8-12(11)18-15/h3-8,18H,15H2,1-2H3,(H,17,19). The summed E-state index contributed by atoms with van der Waals surface area (Å²) in [5.74, 6) is 5.16. The maximum absolute atomic E-state index is 12.3. The third-order valence-electron chi connectivity index (χ3n) is 2.94. The second kappa shape index (κ2) is 5.49. The number of carbonyl (C=O) groups excluding carboxylic acids is 1. The SMILES string of the molecule is Cc1cccc(C)c1NC(=O)c1ccncc1NN. The first-order valence-corrected chi connectivity index (χ1v) is 5.91. The summed E-state index contributed by atoms with van der Waals surface area (Å²) >= 11 is 0. The van der Waals surface area contributed by atoms with Crippen LogP contribution in [0.3, 0.4) is 0 Å². The molecule has 0 saturated carbocycles. The number of pyridine rings is 1. The molecule has 19 heavy (non-hydrogen) atoms. The maximum Gasteiger partial charge on any atom is 0.257 e. The van der Waals surface area contributed by atoms with E-state index in [4.69, 9.17) is 5.84 Å². The van der Waals surface area contributed by atoms with Gasteiger partial charge in [0, 0.05) is 11.9 Å². The van der Waals surface area contributed by atoms with Gasteiger partial charge in [-0.1, -0.05) is 18.2 Å². The van der Waals surface area contributed by atoms with Crippen molar-refractivity contribution in [3.05, 3.63) is 53.3 Å². The van der Waals surface area contributed by atoms with Crippen LogP contribution in [0.5, 0.6) is 0 Å². The first-order valence-electron chi connectivity index (χ1n) is 5.91. The lowest BCUT2D eigenvalue weighted by Gasteiger charge is -2.13. The Morgan fingerprint density at radius 3 is 2.53 bits per heavy atom. The second-order valence-corrected chi connectivity index (χ2v) is 4.29. The van der Waals surface area contributed by atoms with Gasteiger partial charge in [0.2, 0.25) is 0 Å². The number of aromatic nitrogens is 1. The molecule has 1 aromatic heterocycles. The van der Waals surface area contributed by atoms with Gasteiger partial charge in [-0.15, -0.1) is 0 Å². The Labute approximate surface area is 111 Å². The molecule has 5 heteroatoms. The van der Waals surface area contributed by atoms with Gasteiger partial charge in [-0.2, -0.15) is 0 Å². The number of anilines is 2. The molecule has 2 aromatic rings. The van der Waals surface area contributed by atoms with Crippen LogP contribution in [-0.4, -0.2) is 10.9 Å². The number of nitrogens with one attached hydrogen (secondary N) is 2. The van der Waals surface area contributed by atoms with Crippen LogP contribution < -0.4 is 16.6 Å². The average molecular weight is 256 g/mol. The fourth-order valence-electron chi connectivity index (χ4n) is 1.90. The summed E-state index contributed by atoms with van der Waals surface area (Å²) in [6, 6.07) is 7.49. The van der Waals surface area contributed by atoms with E-state index in [0.29, 0.717) is 11.3 Å². The average Bonchev–Trinajstić information content (AvgIpc) is 2.42. The molecule has 0 bridgehead atoms. The minimum Gasteiger partial charge on any atom is -0.322 e. The molecular formula is C14H16N4O. The number of nitrogens with zero attached hydrogens (tertiary/aromatic N) is 1. The molecular weight excluding hydrogens is 240 g/mol. The molecule has 0 radical (unpaired) electrons. The molecule has 0 unspecified atom stereocenters. The van der Waals surface area contributed by atoms with Crippen molar-refractivity contribution in [3.8, 4) is 0 Å². The van der Waals surface area contributed by atoms with Gasteiger partial charge in [-0.25, -0.2) is 0 Å². The lowest BCUT2D eigenvalue weighted by Crippen LogP contribution is -2.18. The van der Waals surface area contributed by atoms with Gasteiger partial charge in [0.15, 0.2) is 0 Å². The van der Waals surface area contributed by atoms with E-state index in [1.165, 1.54) is 6.20 Å². The molecule has 1 aromatic carbocycles. The number of hydrogen-bond acceptors (Lipinski definition) is 4. The van der Waals surface area contributed by atoms with Gasteiger partial charge in [-0.3, -0.25) is 15.6 Å². The molecule has 0 spiro atoms. The van der Waals surface area contributed by atoms with E-state index in [-0.39, 0.29) is 5.91 Å². The lowest BCUT2D eigenvalue weighted by atomic mass is 10.1. The van der Waals surface area contributed by atoms with Gasteiger partial charge < -0.3 is 10.7 Å². The molecule has 5 nitrogen and oxygen atoms in total. The summed E-state index contributed by atoms with van der Waals surface area (Å²) in [5.41, 5.74) is 6.28. The topological polar surface area (TPSA) is 80.0 Å². The molecule has 0 fully saturated rings. The van der Waals surface area contributed by atoms with Crippen LogP contribution in [0.25, 0.3) is 0 Å². The van der Waals surface area contributed by atoms with Gasteiger partial charge >= 0.3 is 0 Å². The first kappa shape index (κ1) is 13.0. The Hall–Kier alpha value is -2.40. The minimum atomic E-state index is -0.215. The summed E-state index contributed by atoms with van der Waals surface area (Å²) in [5, 5.41) is 2.91. The van der Waals surface area contributed by atoms with E-state index in [9.17, 15) is 4.79 Å². The van der Waals surface area contributed by atoms with Crippen molar-refractivity contribution in [2.45, 2.75) is 13.8 Å². The number of hydrazine groups is 1. The normalized spacial score (nSPS) is 10.1. The Morgan fingerprint density at radius 2 is 1.89 bits per heavy atom. The molecule has 0 aliphatic carbocycles. The molecule has 4 N–H and O–H groups in total. The number of carbonyl (C=O) groups is 1. The van der Waals surface area contributed by atoms with Crippen LogP contribution in [0.15, 0.2) is 36.7 Å². The van der Waals surface area contributed by atoms with Crippen molar-refractivity contribution in [1.82, 2.24) is 4.98 Å². The summed E-state index contributed by atoms with van der Waals surface area (Å²) in [4.78, 5) is 16.2. The number of rotatable bonds is 3. The highest BCUT2D eigenvalue weighted by atomic mass is 16.1. The van der Waals surface area contributed by atoms with E-state index in [2.05, 4.69) is 15.7 Å². The molecule has 1 amide bonds. The zero-order valence-corrected chi connectivity index (χ0v) is 10.9. The largest absolute Gasteiger partial charge is 0.322 e. The molecule has 0 aliphatic rings. The molecule has 1 heterocycles. The van der Waals surface area contributed by atoms with E-state index in [1.54, 1.807) is 12.3 Å². The van der Waals surface area contributed by atoms with Gasteiger partial charge in [0.1, 0.15) is 0 Å². The van der Waals surface area contributed by atoms with Crippen LogP contribution in [-0.2, 0) is 0 Å². The zero-order valence-electron chi connectivity index (χ0n) is 10.9. The number of para-hydroxylation sites is 1. The smallest absolute Gasteiger partial charge is 0.257 e. The number of hydrogen-bond donors (Lipinski definition) is 3. The predicted octanol–water partition coefficient (Wildman–Crippen LogP) is 2.24.